The van der Waals surface area contributed by atoms with Crippen LogP contribution in [-0.2, 0) is 120 Å². The Labute approximate surface area is 847 Å². The third kappa shape index (κ3) is 25.8. The summed E-state index contributed by atoms with van der Waals surface area (Å²) in [5.41, 5.74) is 0.0230. The number of alkyl halides is 16. The van der Waals surface area contributed by atoms with Crippen molar-refractivity contribution in [2.75, 3.05) is 102 Å². The third-order valence-corrected chi connectivity index (χ3v) is 38.9. The van der Waals surface area contributed by atoms with Gasteiger partial charge in [-0.1, -0.05) is 120 Å². The van der Waals surface area contributed by atoms with E-state index in [9.17, 15) is 99.0 Å². The van der Waals surface area contributed by atoms with Crippen molar-refractivity contribution in [1.29, 1.82) is 0 Å². The Balaban J connectivity index is 0.000000129. The molecule has 4 saturated heterocycles. The molecule has 16 aliphatic carbocycles. The summed E-state index contributed by atoms with van der Waals surface area (Å²) in [4.78, 5) is 80.7. The lowest BCUT2D eigenvalue weighted by molar-refractivity contribution is -0.346. The number of ether oxygens (including phenoxy) is 10. The molecule has 8 atom stereocenters. The molecule has 16 bridgehead atoms. The maximum absolute atomic E-state index is 13.8. The second-order valence-corrected chi connectivity index (χ2v) is 52.7. The number of halogens is 16. The molecule has 0 radical (unpaired) electrons. The minimum atomic E-state index is -4.35. The van der Waals surface area contributed by atoms with Gasteiger partial charge in [0, 0.05) is 96.8 Å². The Kier molecular flexibility index (Phi) is 33.5. The monoisotopic (exact) mass is 2110 g/mol. The first-order valence-corrected chi connectivity index (χ1v) is 55.1. The molecular weight excluding hydrogens is 1980 g/mol. The quantitative estimate of drug-likeness (QED) is 0.0369. The molecule has 8 unspecified atom stereocenters. The molecule has 0 aromatic heterocycles. The van der Waals surface area contributed by atoms with E-state index >= 15 is 0 Å². The Morgan fingerprint density at radius 2 is 0.538 bits per heavy atom. The summed E-state index contributed by atoms with van der Waals surface area (Å²) in [5.74, 6) is -31.5. The lowest BCUT2D eigenvalue weighted by atomic mass is 9.47. The summed E-state index contributed by atoms with van der Waals surface area (Å²) in [6, 6.07) is 50.6. The Bertz CT molecular complexity index is 4800. The van der Waals surface area contributed by atoms with E-state index in [4.69, 9.17) is 47.4 Å². The third-order valence-electron chi connectivity index (χ3n) is 32.1. The van der Waals surface area contributed by atoms with Crippen molar-refractivity contribution in [1.82, 2.24) is 0 Å². The zero-order valence-electron chi connectivity index (χ0n) is 84.0. The molecule has 4 heterocycles. The lowest BCUT2D eigenvalue weighted by Crippen LogP contribution is -2.65. The number of hydrogen-bond acceptors (Lipinski definition) is 16. The molecule has 20 aliphatic rings. The van der Waals surface area contributed by atoms with Gasteiger partial charge in [0.2, 0.25) is 0 Å². The zero-order chi connectivity index (χ0) is 105. The van der Waals surface area contributed by atoms with Crippen LogP contribution in [0, 0.1) is 92.7 Å². The molecule has 0 N–H and O–H groups in total. The fourth-order valence-corrected chi connectivity index (χ4v) is 31.7. The van der Waals surface area contributed by atoms with E-state index < -0.39 is 181 Å². The first-order valence-electron chi connectivity index (χ1n) is 50.7. The fourth-order valence-electron chi connectivity index (χ4n) is 25.9. The number of ketones is 2. The van der Waals surface area contributed by atoms with Crippen LogP contribution in [0.15, 0.2) is 164 Å². The Morgan fingerprint density at radius 3 is 0.759 bits per heavy atom. The maximum Gasteiger partial charge on any atom is 0.335 e. The Morgan fingerprint density at radius 1 is 0.317 bits per heavy atom. The van der Waals surface area contributed by atoms with Crippen LogP contribution in [0.2, 0.25) is 0 Å². The summed E-state index contributed by atoms with van der Waals surface area (Å²) < 4.78 is 265. The highest BCUT2D eigenvalue weighted by molar-refractivity contribution is 7.97. The smallest absolute Gasteiger partial charge is 0.335 e. The van der Waals surface area contributed by atoms with Gasteiger partial charge in [0.15, 0.2) is 62.5 Å². The molecule has 800 valence electrons. The summed E-state index contributed by atoms with van der Waals surface area (Å²) >= 11 is 0. The normalized spacial score (nSPS) is 31.7. The lowest BCUT2D eigenvalue weighted by Gasteiger charge is -2.62. The van der Waals surface area contributed by atoms with E-state index in [2.05, 4.69) is 181 Å². The largest absolute Gasteiger partial charge is 0.459 e. The van der Waals surface area contributed by atoms with E-state index in [0.717, 1.165) is 66.0 Å². The number of benzene rings is 5. The van der Waals surface area contributed by atoms with E-state index in [1.54, 1.807) is 0 Å². The van der Waals surface area contributed by atoms with E-state index in [1.165, 1.54) is 58.6 Å². The van der Waals surface area contributed by atoms with E-state index in [-0.39, 0.29) is 94.5 Å². The number of carbonyl (C=O) groups excluding carboxylic acids is 6. The van der Waals surface area contributed by atoms with Gasteiger partial charge in [0.05, 0.1) is 59.0 Å². The number of rotatable bonds is 17. The van der Waals surface area contributed by atoms with Crippen LogP contribution in [0.25, 0.3) is 0 Å². The van der Waals surface area contributed by atoms with Crippen molar-refractivity contribution in [2.45, 2.75) is 292 Å². The van der Waals surface area contributed by atoms with Crippen LogP contribution in [0.5, 0.6) is 0 Å². The number of Topliss-reactive ketones (excluding diaryl/α,β-unsaturated/α-hetero) is 2. The van der Waals surface area contributed by atoms with Crippen LogP contribution >= 0.6 is 0 Å². The summed E-state index contributed by atoms with van der Waals surface area (Å²) in [6.45, 7) is 10.4. The first-order chi connectivity index (χ1) is 67.7. The van der Waals surface area contributed by atoms with Gasteiger partial charge >= 0.3 is 47.6 Å². The number of esters is 4. The van der Waals surface area contributed by atoms with E-state index in [1.807, 2.05) is 0 Å². The molecule has 16 saturated carbocycles. The first kappa shape index (κ1) is 112. The average Bonchev–Trinajstić information content (AvgIpc) is 1.69. The molecule has 16 nitrogen and oxygen atoms in total. The highest BCUT2D eigenvalue weighted by atomic mass is 32.2. The van der Waals surface area contributed by atoms with Crippen LogP contribution in [0.4, 0.5) is 70.2 Å². The molecule has 25 rings (SSSR count). The SMILES string of the molecule is CC(C)(C)c1ccc([S+]2CCOCC2)cc1.CC(C)(C)c1ccc([S+]2CCOCC2)cc1.CC(F)(F)COC(=O)C12CC3CC(C1)C(=O)C(C3)C2.CC(F)(F)COC(=O)C12CC3CC(C1)C(=O)C(C3)C2.CC(F)(F)COC(=O)C12CC3CC(C1)C1(OCC(F)(F)C(F)(F)CO1)C(C3)C2.CC(F)(F)COC(=O)C12CC3CC(C1)C1(OCC(F)(F)C(F)(F)CO1)C(C3)C2.c1ccc([S+](c2ccccc2)c2ccccc2)cc1. The van der Waals surface area contributed by atoms with Crippen molar-refractivity contribution in [3.63, 3.8) is 0 Å². The average molecular weight is 2120 g/mol. The van der Waals surface area contributed by atoms with Crippen molar-refractivity contribution in [2.24, 2.45) is 92.7 Å². The Hall–Kier alpha value is -6.99. The predicted octanol–water partition coefficient (Wildman–Crippen LogP) is 24.0. The predicted molar refractivity (Wildman–Crippen MR) is 513 cm³/mol. The zero-order valence-corrected chi connectivity index (χ0v) is 86.4. The highest BCUT2D eigenvalue weighted by Gasteiger charge is 2.74. The number of carbonyl (C=O) groups is 6. The standard InChI is InChI=1S/2C18H22F6O4.C18H15S.2C14H18F2O3.2C14H21OS/c2*1-14(19,20)7-26-13(25)15-4-10-2-11(5-15)18(12(3-10)6-15)27-8-16(21,22)17(23,24)9-28-18;1-4-10-16(11-5-1)19(17-12-6-2-7-13-17)18-14-8-3-9-15-18;2*1-13(15,16)7-19-12(18)14-4-8-2-9(5-14)11(17)10(3-8)6-14;2*1-14(2,3)12-4-6-13(7-5-12)16-10-8-15-9-11-16/h2*10-12H,2-9H2,1H3;1-15H;2*8-10H,2-7H2,1H3;2*4-7H,8-11H2,1-3H3/q;;+1;;;2*+1. The minimum absolute atomic E-state index is 0.0146. The van der Waals surface area contributed by atoms with Gasteiger partial charge in [0.25, 0.3) is 23.7 Å². The second-order valence-electron chi connectivity index (χ2n) is 46.1. The molecule has 5 aromatic rings. The van der Waals surface area contributed by atoms with Crippen molar-refractivity contribution < 1.29 is 146 Å². The molecule has 0 amide bonds. The van der Waals surface area contributed by atoms with Crippen molar-refractivity contribution >= 4 is 68.1 Å². The van der Waals surface area contributed by atoms with Gasteiger partial charge in [0.1, 0.15) is 61.0 Å². The van der Waals surface area contributed by atoms with Gasteiger partial charge in [-0.3, -0.25) is 28.8 Å². The number of hydrogen-bond donors (Lipinski definition) is 0. The highest BCUT2D eigenvalue weighted by Crippen LogP contribution is 2.69. The van der Waals surface area contributed by atoms with E-state index in [0.29, 0.717) is 125 Å². The van der Waals surface area contributed by atoms with Gasteiger partial charge in [-0.05, 0) is 235 Å². The van der Waals surface area contributed by atoms with Gasteiger partial charge < -0.3 is 47.4 Å². The topological polar surface area (TPSA) is 195 Å². The van der Waals surface area contributed by atoms with Crippen molar-refractivity contribution in [3.05, 3.63) is 151 Å². The van der Waals surface area contributed by atoms with Gasteiger partial charge in [-0.15, -0.1) is 0 Å². The maximum atomic E-state index is 13.8. The fraction of sp³-hybridized carbons (Fsp3) is 0.673. The molecule has 2 spiro atoms. The van der Waals surface area contributed by atoms with Crippen LogP contribution < -0.4 is 0 Å². The van der Waals surface area contributed by atoms with Gasteiger partial charge in [-0.2, -0.15) is 35.1 Å². The van der Waals surface area contributed by atoms with Gasteiger partial charge in [-0.25, -0.2) is 35.1 Å². The van der Waals surface area contributed by atoms with Crippen LogP contribution in [-0.4, -0.2) is 197 Å². The molecule has 4 aliphatic heterocycles. The molecule has 20 fully saturated rings. The summed E-state index contributed by atoms with van der Waals surface area (Å²) in [7, 11) is 0.849. The molecular formula is C110H137F16O16S3+3. The molecule has 145 heavy (non-hydrogen) atoms. The summed E-state index contributed by atoms with van der Waals surface area (Å²) in [5, 5.41) is 0. The summed E-state index contributed by atoms with van der Waals surface area (Å²) in [6.07, 6.45) is 10.3. The molecule has 5 aromatic carbocycles. The van der Waals surface area contributed by atoms with Crippen molar-refractivity contribution in [3.8, 4) is 0 Å². The van der Waals surface area contributed by atoms with Crippen LogP contribution in [0.3, 0.4) is 0 Å². The van der Waals surface area contributed by atoms with Crippen LogP contribution in [0.1, 0.15) is 209 Å². The minimum Gasteiger partial charge on any atom is -0.459 e. The molecule has 35 heteroatoms. The second kappa shape index (κ2) is 43.3.